The largest absolute Gasteiger partial charge is 0.310 e. The third-order valence-corrected chi connectivity index (χ3v) is 5.10. The van der Waals surface area contributed by atoms with Crippen molar-refractivity contribution >= 4 is 15.9 Å². The van der Waals surface area contributed by atoms with Crippen LogP contribution in [0.1, 0.15) is 25.7 Å². The molecule has 2 saturated heterocycles. The highest BCUT2D eigenvalue weighted by Crippen LogP contribution is 2.47. The van der Waals surface area contributed by atoms with Crippen molar-refractivity contribution in [2.45, 2.75) is 42.6 Å². The van der Waals surface area contributed by atoms with Gasteiger partial charge in [0.15, 0.2) is 0 Å². The third kappa shape index (κ3) is 0.919. The van der Waals surface area contributed by atoms with Gasteiger partial charge in [-0.25, -0.2) is 0 Å². The van der Waals surface area contributed by atoms with Crippen molar-refractivity contribution in [2.75, 3.05) is 0 Å². The van der Waals surface area contributed by atoms with E-state index in [0.29, 0.717) is 0 Å². The van der Waals surface area contributed by atoms with Gasteiger partial charge in [-0.1, -0.05) is 15.9 Å². The fourth-order valence-corrected chi connectivity index (χ4v) is 4.15. The molecule has 0 spiro atoms. The Kier molecular flexibility index (Phi) is 1.40. The van der Waals surface area contributed by atoms with Crippen LogP contribution in [0.5, 0.6) is 0 Å². The Balaban J connectivity index is 1.91. The van der Waals surface area contributed by atoms with Gasteiger partial charge in [-0.3, -0.25) is 0 Å². The molecule has 0 aromatic rings. The molecular formula is C9H14BrN. The monoisotopic (exact) mass is 215 g/mol. The quantitative estimate of drug-likeness (QED) is 0.610. The number of halogens is 1. The van der Waals surface area contributed by atoms with Crippen LogP contribution in [-0.2, 0) is 0 Å². The molecule has 4 bridgehead atoms. The van der Waals surface area contributed by atoms with Gasteiger partial charge in [0.05, 0.1) is 0 Å². The van der Waals surface area contributed by atoms with Gasteiger partial charge in [0.1, 0.15) is 0 Å². The summed E-state index contributed by atoms with van der Waals surface area (Å²) in [6.45, 7) is 0. The molecule has 4 rings (SSSR count). The molecule has 0 amide bonds. The summed E-state index contributed by atoms with van der Waals surface area (Å²) in [6.07, 6.45) is 5.84. The zero-order valence-electron chi connectivity index (χ0n) is 6.59. The molecule has 5 atom stereocenters. The average molecular weight is 216 g/mol. The smallest absolute Gasteiger partial charge is 0.0328 e. The zero-order chi connectivity index (χ0) is 7.42. The van der Waals surface area contributed by atoms with Crippen molar-refractivity contribution in [2.24, 2.45) is 11.8 Å². The minimum absolute atomic E-state index is 0.787. The molecule has 62 valence electrons. The minimum atomic E-state index is 0.787. The van der Waals surface area contributed by atoms with Crippen LogP contribution in [0.15, 0.2) is 0 Å². The summed E-state index contributed by atoms with van der Waals surface area (Å²) in [4.78, 5) is 0.787. The first-order valence-corrected chi connectivity index (χ1v) is 5.64. The molecule has 0 aromatic heterocycles. The van der Waals surface area contributed by atoms with E-state index in [1.165, 1.54) is 25.7 Å². The Hall–Kier alpha value is 0.440. The predicted octanol–water partition coefficient (Wildman–Crippen LogP) is 1.91. The minimum Gasteiger partial charge on any atom is -0.310 e. The fraction of sp³-hybridized carbons (Fsp3) is 1.00. The molecule has 4 aliphatic rings. The molecule has 1 N–H and O–H groups in total. The van der Waals surface area contributed by atoms with Crippen LogP contribution in [0.3, 0.4) is 0 Å². The number of piperidine rings is 2. The Morgan fingerprint density at radius 1 is 1.09 bits per heavy atom. The Morgan fingerprint density at radius 3 is 2.73 bits per heavy atom. The van der Waals surface area contributed by atoms with Gasteiger partial charge in [-0.05, 0) is 37.5 Å². The summed E-state index contributed by atoms with van der Waals surface area (Å²) in [5, 5.41) is 3.72. The molecule has 1 nitrogen and oxygen atoms in total. The van der Waals surface area contributed by atoms with E-state index in [0.717, 1.165) is 28.7 Å². The standard InChI is InChI=1S/C9H14BrN/c10-9-6-1-5-2-7(4-6)11-8(9)3-5/h5-9,11H,1-4H2. The van der Waals surface area contributed by atoms with E-state index >= 15 is 0 Å². The molecule has 0 aromatic carbocycles. The average Bonchev–Trinajstić information content (AvgIpc) is 1.98. The maximum atomic E-state index is 3.82. The van der Waals surface area contributed by atoms with Crippen LogP contribution in [0, 0.1) is 11.8 Å². The maximum absolute atomic E-state index is 3.82. The van der Waals surface area contributed by atoms with Crippen LogP contribution in [-0.4, -0.2) is 16.9 Å². The second-order valence-electron chi connectivity index (χ2n) is 4.48. The second kappa shape index (κ2) is 2.23. The van der Waals surface area contributed by atoms with Crippen molar-refractivity contribution in [1.29, 1.82) is 0 Å². The summed E-state index contributed by atoms with van der Waals surface area (Å²) < 4.78 is 0. The Morgan fingerprint density at radius 2 is 2.00 bits per heavy atom. The van der Waals surface area contributed by atoms with Crippen molar-refractivity contribution in [3.63, 3.8) is 0 Å². The van der Waals surface area contributed by atoms with E-state index in [-0.39, 0.29) is 0 Å². The van der Waals surface area contributed by atoms with Gasteiger partial charge in [0.2, 0.25) is 0 Å². The molecule has 2 heteroatoms. The number of rotatable bonds is 0. The predicted molar refractivity (Wildman–Crippen MR) is 48.9 cm³/mol. The molecule has 2 aliphatic heterocycles. The first-order chi connectivity index (χ1) is 5.33. The SMILES string of the molecule is BrC1C2CC3CC(C2)NC1C3. The molecule has 2 heterocycles. The molecule has 2 saturated carbocycles. The topological polar surface area (TPSA) is 12.0 Å². The van der Waals surface area contributed by atoms with Crippen LogP contribution in [0.4, 0.5) is 0 Å². The van der Waals surface area contributed by atoms with E-state index in [9.17, 15) is 0 Å². The summed E-state index contributed by atoms with van der Waals surface area (Å²) >= 11 is 3.82. The fourth-order valence-electron chi connectivity index (χ4n) is 3.35. The molecule has 2 aliphatic carbocycles. The summed E-state index contributed by atoms with van der Waals surface area (Å²) in [5.74, 6) is 2.07. The lowest BCUT2D eigenvalue weighted by atomic mass is 9.65. The van der Waals surface area contributed by atoms with Gasteiger partial charge >= 0.3 is 0 Å². The van der Waals surface area contributed by atoms with Gasteiger partial charge in [-0.2, -0.15) is 0 Å². The maximum Gasteiger partial charge on any atom is 0.0328 e. The molecule has 0 radical (unpaired) electrons. The van der Waals surface area contributed by atoms with E-state index in [1.807, 2.05) is 0 Å². The van der Waals surface area contributed by atoms with Crippen LogP contribution >= 0.6 is 15.9 Å². The molecule has 4 fully saturated rings. The highest BCUT2D eigenvalue weighted by atomic mass is 79.9. The van der Waals surface area contributed by atoms with Gasteiger partial charge < -0.3 is 5.32 Å². The molecular weight excluding hydrogens is 202 g/mol. The third-order valence-electron chi connectivity index (χ3n) is 3.71. The Labute approximate surface area is 76.1 Å². The lowest BCUT2D eigenvalue weighted by Crippen LogP contribution is -2.61. The highest BCUT2D eigenvalue weighted by molar-refractivity contribution is 9.09. The van der Waals surface area contributed by atoms with Crippen molar-refractivity contribution < 1.29 is 0 Å². The number of hydrogen-bond acceptors (Lipinski definition) is 1. The lowest BCUT2D eigenvalue weighted by molar-refractivity contribution is 0.0693. The van der Waals surface area contributed by atoms with Gasteiger partial charge in [-0.15, -0.1) is 0 Å². The van der Waals surface area contributed by atoms with Crippen molar-refractivity contribution in [1.82, 2.24) is 5.32 Å². The number of alkyl halides is 1. The highest BCUT2D eigenvalue weighted by Gasteiger charge is 2.46. The number of nitrogens with one attached hydrogen (secondary N) is 1. The summed E-state index contributed by atoms with van der Waals surface area (Å²) in [6, 6.07) is 1.69. The van der Waals surface area contributed by atoms with E-state index in [1.54, 1.807) is 0 Å². The Bertz CT molecular complexity index is 152. The normalized spacial score (nSPS) is 60.3. The number of hydrogen-bond donors (Lipinski definition) is 1. The lowest BCUT2D eigenvalue weighted by Gasteiger charge is -2.53. The van der Waals surface area contributed by atoms with Gasteiger partial charge in [0.25, 0.3) is 0 Å². The van der Waals surface area contributed by atoms with E-state index in [2.05, 4.69) is 21.2 Å². The van der Waals surface area contributed by atoms with Crippen molar-refractivity contribution in [3.8, 4) is 0 Å². The van der Waals surface area contributed by atoms with E-state index < -0.39 is 0 Å². The first kappa shape index (κ1) is 6.90. The first-order valence-electron chi connectivity index (χ1n) is 4.73. The zero-order valence-corrected chi connectivity index (χ0v) is 8.18. The van der Waals surface area contributed by atoms with E-state index in [4.69, 9.17) is 0 Å². The van der Waals surface area contributed by atoms with Crippen LogP contribution < -0.4 is 5.32 Å². The van der Waals surface area contributed by atoms with Crippen LogP contribution in [0.2, 0.25) is 0 Å². The summed E-state index contributed by atoms with van der Waals surface area (Å²) in [5.41, 5.74) is 0. The summed E-state index contributed by atoms with van der Waals surface area (Å²) in [7, 11) is 0. The van der Waals surface area contributed by atoms with Gasteiger partial charge in [0, 0.05) is 16.9 Å². The second-order valence-corrected chi connectivity index (χ2v) is 5.54. The van der Waals surface area contributed by atoms with Crippen molar-refractivity contribution in [3.05, 3.63) is 0 Å². The van der Waals surface area contributed by atoms with Crippen LogP contribution in [0.25, 0.3) is 0 Å². The molecule has 11 heavy (non-hydrogen) atoms. The molecule has 5 unspecified atom stereocenters.